The summed E-state index contributed by atoms with van der Waals surface area (Å²) in [5.74, 6) is -4.61. The van der Waals surface area contributed by atoms with Crippen LogP contribution in [-0.2, 0) is 4.74 Å². The van der Waals surface area contributed by atoms with E-state index in [1.807, 2.05) is 0 Å². The van der Waals surface area contributed by atoms with E-state index >= 15 is 0 Å². The maximum absolute atomic E-state index is 13.1. The van der Waals surface area contributed by atoms with E-state index in [2.05, 4.69) is 0 Å². The molecule has 2 N–H and O–H groups in total. The summed E-state index contributed by atoms with van der Waals surface area (Å²) >= 11 is 0. The fourth-order valence-corrected chi connectivity index (χ4v) is 3.83. The fraction of sp³-hybridized carbons (Fsp3) is 0. The number of rotatable bonds is 6. The second-order valence-corrected chi connectivity index (χ2v) is 7.48. The van der Waals surface area contributed by atoms with Gasteiger partial charge in [0.2, 0.25) is 0 Å². The molecule has 0 fully saturated rings. The molecule has 0 unspecified atom stereocenters. The lowest BCUT2D eigenvalue weighted by molar-refractivity contribution is 0.0398. The predicted molar refractivity (Wildman–Crippen MR) is 127 cm³/mol. The first kappa shape index (κ1) is 23.1. The summed E-state index contributed by atoms with van der Waals surface area (Å²) in [7, 11) is 0. The SMILES string of the molecule is O=C(O)c1cccc(C(=O)OC(=O)c2cccc(C(=O)O)c2-c2ccccc2)c1-c1ccccc1. The van der Waals surface area contributed by atoms with E-state index in [0.29, 0.717) is 11.1 Å². The molecule has 4 aromatic rings. The molecule has 0 amide bonds. The van der Waals surface area contributed by atoms with Gasteiger partial charge in [-0.3, -0.25) is 0 Å². The molecule has 0 aromatic heterocycles. The van der Waals surface area contributed by atoms with Crippen molar-refractivity contribution in [1.29, 1.82) is 0 Å². The quantitative estimate of drug-likeness (QED) is 0.288. The Labute approximate surface area is 199 Å². The summed E-state index contributed by atoms with van der Waals surface area (Å²) in [6.07, 6.45) is 0. The molecule has 7 heteroatoms. The van der Waals surface area contributed by atoms with Crippen LogP contribution < -0.4 is 0 Å². The van der Waals surface area contributed by atoms with Gasteiger partial charge in [-0.1, -0.05) is 72.8 Å². The van der Waals surface area contributed by atoms with Gasteiger partial charge in [0.25, 0.3) is 0 Å². The Morgan fingerprint density at radius 2 is 0.800 bits per heavy atom. The molecule has 0 spiro atoms. The van der Waals surface area contributed by atoms with Gasteiger partial charge in [0, 0.05) is 11.1 Å². The molecule has 7 nitrogen and oxygen atoms in total. The zero-order valence-corrected chi connectivity index (χ0v) is 18.2. The highest BCUT2D eigenvalue weighted by Gasteiger charge is 2.26. The molecular weight excluding hydrogens is 448 g/mol. The zero-order valence-electron chi connectivity index (χ0n) is 18.2. The van der Waals surface area contributed by atoms with Gasteiger partial charge in [-0.2, -0.15) is 0 Å². The average Bonchev–Trinajstić information content (AvgIpc) is 2.88. The molecule has 4 rings (SSSR count). The Hall–Kier alpha value is -5.04. The van der Waals surface area contributed by atoms with Crippen LogP contribution in [0.1, 0.15) is 41.4 Å². The second-order valence-electron chi connectivity index (χ2n) is 7.48. The van der Waals surface area contributed by atoms with Crippen LogP contribution in [0, 0.1) is 0 Å². The van der Waals surface area contributed by atoms with Crippen LogP contribution in [0.3, 0.4) is 0 Å². The number of hydrogen-bond acceptors (Lipinski definition) is 5. The molecule has 0 saturated heterocycles. The molecule has 0 aliphatic rings. The summed E-state index contributed by atoms with van der Waals surface area (Å²) < 4.78 is 5.15. The molecule has 0 radical (unpaired) electrons. The largest absolute Gasteiger partial charge is 0.478 e. The first-order chi connectivity index (χ1) is 16.9. The third-order valence-corrected chi connectivity index (χ3v) is 5.34. The normalized spacial score (nSPS) is 10.4. The first-order valence-electron chi connectivity index (χ1n) is 10.5. The molecule has 0 aliphatic heterocycles. The third kappa shape index (κ3) is 4.69. The number of esters is 2. The lowest BCUT2D eigenvalue weighted by atomic mass is 9.93. The van der Waals surface area contributed by atoms with Crippen molar-refractivity contribution in [2.24, 2.45) is 0 Å². The van der Waals surface area contributed by atoms with Gasteiger partial charge in [-0.25, -0.2) is 19.2 Å². The first-order valence-corrected chi connectivity index (χ1v) is 10.5. The summed E-state index contributed by atoms with van der Waals surface area (Å²) in [6, 6.07) is 25.1. The Kier molecular flexibility index (Phi) is 6.50. The third-order valence-electron chi connectivity index (χ3n) is 5.34. The highest BCUT2D eigenvalue weighted by molar-refractivity contribution is 6.12. The van der Waals surface area contributed by atoms with Crippen molar-refractivity contribution in [2.75, 3.05) is 0 Å². The molecule has 4 aromatic carbocycles. The molecule has 0 heterocycles. The van der Waals surface area contributed by atoms with E-state index < -0.39 is 23.9 Å². The van der Waals surface area contributed by atoms with E-state index in [9.17, 15) is 29.4 Å². The van der Waals surface area contributed by atoms with Crippen molar-refractivity contribution in [3.63, 3.8) is 0 Å². The van der Waals surface area contributed by atoms with Crippen LogP contribution in [0.4, 0.5) is 0 Å². The minimum atomic E-state index is -1.25. The molecule has 0 atom stereocenters. The summed E-state index contributed by atoms with van der Waals surface area (Å²) in [5, 5.41) is 19.3. The summed E-state index contributed by atoms with van der Waals surface area (Å²) in [5.41, 5.74) is 0.666. The van der Waals surface area contributed by atoms with Crippen molar-refractivity contribution < 1.29 is 34.1 Å². The Morgan fingerprint density at radius 3 is 1.14 bits per heavy atom. The van der Waals surface area contributed by atoms with Crippen LogP contribution >= 0.6 is 0 Å². The van der Waals surface area contributed by atoms with Crippen molar-refractivity contribution in [2.45, 2.75) is 0 Å². The summed E-state index contributed by atoms with van der Waals surface area (Å²) in [6.45, 7) is 0. The highest BCUT2D eigenvalue weighted by Crippen LogP contribution is 2.31. The van der Waals surface area contributed by atoms with Crippen LogP contribution in [-0.4, -0.2) is 34.1 Å². The maximum atomic E-state index is 13.1. The van der Waals surface area contributed by atoms with Gasteiger partial charge in [0.15, 0.2) is 0 Å². The minimum Gasteiger partial charge on any atom is -0.478 e. The van der Waals surface area contributed by atoms with Crippen molar-refractivity contribution in [3.05, 3.63) is 119 Å². The van der Waals surface area contributed by atoms with E-state index in [1.165, 1.54) is 36.4 Å². The maximum Gasteiger partial charge on any atom is 0.346 e. The van der Waals surface area contributed by atoms with Gasteiger partial charge in [-0.05, 0) is 35.4 Å². The molecule has 0 saturated carbocycles. The Morgan fingerprint density at radius 1 is 0.457 bits per heavy atom. The molecule has 172 valence electrons. The number of benzene rings is 4. The number of hydrogen-bond donors (Lipinski definition) is 2. The Balaban J connectivity index is 1.78. The van der Waals surface area contributed by atoms with E-state index in [-0.39, 0.29) is 33.4 Å². The number of carboxylic acids is 2. The van der Waals surface area contributed by atoms with Crippen molar-refractivity contribution in [3.8, 4) is 22.3 Å². The van der Waals surface area contributed by atoms with Gasteiger partial charge >= 0.3 is 23.9 Å². The molecule has 0 aliphatic carbocycles. The van der Waals surface area contributed by atoms with Crippen LogP contribution in [0.15, 0.2) is 97.1 Å². The number of carbonyl (C=O) groups excluding carboxylic acids is 2. The average molecular weight is 466 g/mol. The van der Waals surface area contributed by atoms with E-state index in [1.54, 1.807) is 60.7 Å². The van der Waals surface area contributed by atoms with Crippen molar-refractivity contribution >= 4 is 23.9 Å². The standard InChI is InChI=1S/C28H18O7/c29-25(30)19-13-7-15-21(23(19)17-9-3-1-4-10-17)27(33)35-28(34)22-16-8-14-20(26(31)32)24(22)18-11-5-2-6-12-18/h1-16H,(H,29,30)(H,31,32). The number of carbonyl (C=O) groups is 4. The van der Waals surface area contributed by atoms with Gasteiger partial charge in [-0.15, -0.1) is 0 Å². The van der Waals surface area contributed by atoms with Gasteiger partial charge in [0.1, 0.15) is 0 Å². The lowest BCUT2D eigenvalue weighted by Gasteiger charge is -2.14. The highest BCUT2D eigenvalue weighted by atomic mass is 16.6. The molecule has 0 bridgehead atoms. The van der Waals surface area contributed by atoms with E-state index in [0.717, 1.165) is 0 Å². The number of carboxylic acid groups (broad SMARTS) is 2. The molecular formula is C28H18O7. The predicted octanol–water partition coefficient (Wildman–Crippen LogP) is 5.41. The van der Waals surface area contributed by atoms with Gasteiger partial charge in [0.05, 0.1) is 22.3 Å². The second kappa shape index (κ2) is 9.84. The smallest absolute Gasteiger partial charge is 0.346 e. The number of aromatic carboxylic acids is 2. The Bertz CT molecular complexity index is 1330. The van der Waals surface area contributed by atoms with Crippen molar-refractivity contribution in [1.82, 2.24) is 0 Å². The topological polar surface area (TPSA) is 118 Å². The molecule has 35 heavy (non-hydrogen) atoms. The fourth-order valence-electron chi connectivity index (χ4n) is 3.83. The monoisotopic (exact) mass is 466 g/mol. The number of ether oxygens (including phenoxy) is 1. The van der Waals surface area contributed by atoms with E-state index in [4.69, 9.17) is 4.74 Å². The van der Waals surface area contributed by atoms with Gasteiger partial charge < -0.3 is 14.9 Å². The minimum absolute atomic E-state index is 0.111. The summed E-state index contributed by atoms with van der Waals surface area (Å²) in [4.78, 5) is 49.9. The zero-order chi connectivity index (χ0) is 24.9. The lowest BCUT2D eigenvalue weighted by Crippen LogP contribution is -2.17. The van der Waals surface area contributed by atoms with Crippen LogP contribution in [0.2, 0.25) is 0 Å². The van der Waals surface area contributed by atoms with Crippen LogP contribution in [0.5, 0.6) is 0 Å². The van der Waals surface area contributed by atoms with Crippen LogP contribution in [0.25, 0.3) is 22.3 Å².